The van der Waals surface area contributed by atoms with Crippen LogP contribution < -0.4 is 10.2 Å². The first-order valence-corrected chi connectivity index (χ1v) is 8.90. The van der Waals surface area contributed by atoms with Crippen molar-refractivity contribution >= 4 is 11.8 Å². The highest BCUT2D eigenvalue weighted by atomic mass is 16.5. The van der Waals surface area contributed by atoms with Gasteiger partial charge in [0.15, 0.2) is 0 Å². The third-order valence-electron chi connectivity index (χ3n) is 4.74. The summed E-state index contributed by atoms with van der Waals surface area (Å²) in [6.07, 6.45) is 6.65. The molecule has 0 spiro atoms. The van der Waals surface area contributed by atoms with E-state index in [9.17, 15) is 0 Å². The van der Waals surface area contributed by atoms with Crippen molar-refractivity contribution in [2.75, 3.05) is 49.6 Å². The standard InChI is InChI=1S/C18H24N6O/c1-5-19-6-2-15(1)13-23-8-4-16(14-23)21-18-20-7-3-17(22-18)24-9-11-25-12-10-24/h1-3,5-7,16H,4,8-14H2,(H,20,21,22). The lowest BCUT2D eigenvalue weighted by molar-refractivity contribution is 0.122. The van der Waals surface area contributed by atoms with Crippen molar-refractivity contribution in [1.82, 2.24) is 19.9 Å². The minimum Gasteiger partial charge on any atom is -0.378 e. The first-order chi connectivity index (χ1) is 12.4. The van der Waals surface area contributed by atoms with Crippen molar-refractivity contribution in [1.29, 1.82) is 0 Å². The number of rotatable bonds is 5. The number of hydrogen-bond donors (Lipinski definition) is 1. The first kappa shape index (κ1) is 16.2. The summed E-state index contributed by atoms with van der Waals surface area (Å²) in [5.41, 5.74) is 1.31. The number of ether oxygens (including phenoxy) is 1. The summed E-state index contributed by atoms with van der Waals surface area (Å²) in [7, 11) is 0. The van der Waals surface area contributed by atoms with Crippen LogP contribution in [0.25, 0.3) is 0 Å². The number of nitrogens with zero attached hydrogens (tertiary/aromatic N) is 5. The van der Waals surface area contributed by atoms with Gasteiger partial charge in [0.05, 0.1) is 13.2 Å². The maximum Gasteiger partial charge on any atom is 0.224 e. The predicted octanol–water partition coefficient (Wildman–Crippen LogP) is 1.39. The zero-order valence-electron chi connectivity index (χ0n) is 14.3. The summed E-state index contributed by atoms with van der Waals surface area (Å²) in [6, 6.07) is 6.52. The number of likely N-dealkylation sites (tertiary alicyclic amines) is 1. The Morgan fingerprint density at radius 1 is 1.08 bits per heavy atom. The second kappa shape index (κ2) is 7.76. The predicted molar refractivity (Wildman–Crippen MR) is 96.6 cm³/mol. The Balaban J connectivity index is 1.33. The molecule has 0 radical (unpaired) electrons. The van der Waals surface area contributed by atoms with Crippen molar-refractivity contribution in [3.8, 4) is 0 Å². The molecule has 2 saturated heterocycles. The molecule has 2 aromatic heterocycles. The summed E-state index contributed by atoms with van der Waals surface area (Å²) < 4.78 is 5.41. The highest BCUT2D eigenvalue weighted by Crippen LogP contribution is 2.18. The Morgan fingerprint density at radius 2 is 1.92 bits per heavy atom. The smallest absolute Gasteiger partial charge is 0.224 e. The molecule has 2 fully saturated rings. The first-order valence-electron chi connectivity index (χ1n) is 8.90. The van der Waals surface area contributed by atoms with E-state index in [-0.39, 0.29) is 0 Å². The normalized spacial score (nSPS) is 21.4. The quantitative estimate of drug-likeness (QED) is 0.882. The lowest BCUT2D eigenvalue weighted by Crippen LogP contribution is -2.37. The third kappa shape index (κ3) is 4.24. The second-order valence-corrected chi connectivity index (χ2v) is 6.56. The largest absolute Gasteiger partial charge is 0.378 e. The Bertz CT molecular complexity index is 676. The fourth-order valence-corrected chi connectivity index (χ4v) is 3.41. The molecule has 1 atom stereocenters. The highest BCUT2D eigenvalue weighted by Gasteiger charge is 2.23. The average Bonchev–Trinajstić information content (AvgIpc) is 3.10. The van der Waals surface area contributed by atoms with Gasteiger partial charge < -0.3 is 15.0 Å². The molecular formula is C18H24N6O. The van der Waals surface area contributed by atoms with Crippen LogP contribution >= 0.6 is 0 Å². The highest BCUT2D eigenvalue weighted by molar-refractivity contribution is 5.43. The van der Waals surface area contributed by atoms with Crippen LogP contribution in [0, 0.1) is 0 Å². The number of aromatic nitrogens is 3. The monoisotopic (exact) mass is 340 g/mol. The zero-order valence-corrected chi connectivity index (χ0v) is 14.3. The summed E-state index contributed by atoms with van der Waals surface area (Å²) >= 11 is 0. The van der Waals surface area contributed by atoms with E-state index in [1.165, 1.54) is 5.56 Å². The van der Waals surface area contributed by atoms with E-state index in [0.29, 0.717) is 6.04 Å². The molecule has 0 amide bonds. The Labute approximate surface area is 148 Å². The molecule has 4 heterocycles. The molecule has 1 unspecified atom stereocenters. The maximum atomic E-state index is 5.41. The fraction of sp³-hybridized carbons (Fsp3) is 0.500. The van der Waals surface area contributed by atoms with Gasteiger partial charge in [-0.2, -0.15) is 4.98 Å². The van der Waals surface area contributed by atoms with Crippen LogP contribution in [0.15, 0.2) is 36.8 Å². The summed E-state index contributed by atoms with van der Waals surface area (Å²) in [5, 5.41) is 3.50. The van der Waals surface area contributed by atoms with Crippen LogP contribution in [0.1, 0.15) is 12.0 Å². The number of morpholine rings is 1. The average molecular weight is 340 g/mol. The maximum absolute atomic E-state index is 5.41. The molecule has 0 saturated carbocycles. The number of anilines is 2. The van der Waals surface area contributed by atoms with Gasteiger partial charge in [0.2, 0.25) is 5.95 Å². The van der Waals surface area contributed by atoms with E-state index in [4.69, 9.17) is 9.72 Å². The molecule has 2 aromatic rings. The Kier molecular flexibility index (Phi) is 5.03. The molecule has 132 valence electrons. The molecule has 4 rings (SSSR count). The molecule has 7 heteroatoms. The molecule has 2 aliphatic rings. The van der Waals surface area contributed by atoms with E-state index in [0.717, 1.165) is 64.1 Å². The fourth-order valence-electron chi connectivity index (χ4n) is 3.41. The summed E-state index contributed by atoms with van der Waals surface area (Å²) in [5.74, 6) is 1.70. The van der Waals surface area contributed by atoms with Gasteiger partial charge in [0, 0.05) is 57.4 Å². The topological polar surface area (TPSA) is 66.4 Å². The van der Waals surface area contributed by atoms with Crippen LogP contribution in [0.2, 0.25) is 0 Å². The van der Waals surface area contributed by atoms with E-state index in [2.05, 4.69) is 37.2 Å². The van der Waals surface area contributed by atoms with Gasteiger partial charge in [-0.25, -0.2) is 4.98 Å². The number of hydrogen-bond acceptors (Lipinski definition) is 7. The van der Waals surface area contributed by atoms with E-state index < -0.39 is 0 Å². The molecule has 0 aromatic carbocycles. The van der Waals surface area contributed by atoms with Gasteiger partial charge >= 0.3 is 0 Å². The van der Waals surface area contributed by atoms with Crippen LogP contribution in [0.5, 0.6) is 0 Å². The van der Waals surface area contributed by atoms with Crippen molar-refractivity contribution < 1.29 is 4.74 Å². The summed E-state index contributed by atoms with van der Waals surface area (Å²) in [6.45, 7) is 6.36. The number of pyridine rings is 1. The van der Waals surface area contributed by atoms with Crippen molar-refractivity contribution in [2.24, 2.45) is 0 Å². The van der Waals surface area contributed by atoms with Crippen LogP contribution in [0.3, 0.4) is 0 Å². The molecule has 0 bridgehead atoms. The zero-order chi connectivity index (χ0) is 16.9. The molecule has 25 heavy (non-hydrogen) atoms. The molecular weight excluding hydrogens is 316 g/mol. The molecule has 7 nitrogen and oxygen atoms in total. The van der Waals surface area contributed by atoms with Crippen molar-refractivity contribution in [3.05, 3.63) is 42.4 Å². The molecule has 1 N–H and O–H groups in total. The van der Waals surface area contributed by atoms with Gasteiger partial charge in [0.25, 0.3) is 0 Å². The van der Waals surface area contributed by atoms with Gasteiger partial charge in [-0.3, -0.25) is 9.88 Å². The van der Waals surface area contributed by atoms with Crippen molar-refractivity contribution in [2.45, 2.75) is 19.0 Å². The van der Waals surface area contributed by atoms with Crippen LogP contribution in [-0.2, 0) is 11.3 Å². The lowest BCUT2D eigenvalue weighted by atomic mass is 10.2. The van der Waals surface area contributed by atoms with E-state index in [1.807, 2.05) is 24.7 Å². The minimum absolute atomic E-state index is 0.391. The molecule has 0 aliphatic carbocycles. The number of nitrogens with one attached hydrogen (secondary N) is 1. The third-order valence-corrected chi connectivity index (χ3v) is 4.74. The Hall–Kier alpha value is -2.25. The Morgan fingerprint density at radius 3 is 2.76 bits per heavy atom. The second-order valence-electron chi connectivity index (χ2n) is 6.56. The lowest BCUT2D eigenvalue weighted by Gasteiger charge is -2.28. The van der Waals surface area contributed by atoms with Gasteiger partial charge in [-0.1, -0.05) is 0 Å². The minimum atomic E-state index is 0.391. The van der Waals surface area contributed by atoms with Gasteiger partial charge in [-0.05, 0) is 30.2 Å². The molecule has 2 aliphatic heterocycles. The SMILES string of the molecule is c1cc(CN2CCC(Nc3nccc(N4CCOCC4)n3)C2)ccn1. The van der Waals surface area contributed by atoms with Gasteiger partial charge in [-0.15, -0.1) is 0 Å². The van der Waals surface area contributed by atoms with Gasteiger partial charge in [0.1, 0.15) is 5.82 Å². The van der Waals surface area contributed by atoms with Crippen molar-refractivity contribution in [3.63, 3.8) is 0 Å². The summed E-state index contributed by atoms with van der Waals surface area (Å²) in [4.78, 5) is 17.9. The van der Waals surface area contributed by atoms with E-state index in [1.54, 1.807) is 0 Å². The van der Waals surface area contributed by atoms with Crippen LogP contribution in [0.4, 0.5) is 11.8 Å². The van der Waals surface area contributed by atoms with E-state index >= 15 is 0 Å². The van der Waals surface area contributed by atoms with Crippen LogP contribution in [-0.4, -0.2) is 65.3 Å².